The van der Waals surface area contributed by atoms with Gasteiger partial charge in [0.2, 0.25) is 5.91 Å². The summed E-state index contributed by atoms with van der Waals surface area (Å²) in [5.41, 5.74) is 5.58. The zero-order chi connectivity index (χ0) is 11.4. The molecule has 1 aliphatic rings. The van der Waals surface area contributed by atoms with Crippen LogP contribution in [0.15, 0.2) is 0 Å². The van der Waals surface area contributed by atoms with Gasteiger partial charge in [-0.15, -0.1) is 0 Å². The minimum atomic E-state index is -0.273. The van der Waals surface area contributed by atoms with Gasteiger partial charge in [-0.2, -0.15) is 11.8 Å². The Bertz CT molecular complexity index is 258. The first-order valence-corrected chi connectivity index (χ1v) is 6.81. The number of hydrogen-bond donors (Lipinski definition) is 1. The highest BCUT2D eigenvalue weighted by molar-refractivity contribution is 7.99. The summed E-state index contributed by atoms with van der Waals surface area (Å²) in [5.74, 6) is 1.87. The Morgan fingerprint density at radius 3 is 2.87 bits per heavy atom. The number of nitrogens with zero attached hydrogens (tertiary/aromatic N) is 1. The summed E-state index contributed by atoms with van der Waals surface area (Å²) in [6.07, 6.45) is 0.699. The molecular formula is C10H18N2OS2. The van der Waals surface area contributed by atoms with E-state index in [9.17, 15) is 4.79 Å². The largest absolute Gasteiger partial charge is 0.393 e. The Morgan fingerprint density at radius 1 is 1.73 bits per heavy atom. The third-order valence-corrected chi connectivity index (χ3v) is 4.17. The fourth-order valence-corrected chi connectivity index (χ4v) is 3.03. The Balaban J connectivity index is 2.68. The van der Waals surface area contributed by atoms with Crippen LogP contribution in [0, 0.1) is 5.92 Å². The minimum Gasteiger partial charge on any atom is -0.393 e. The molecule has 86 valence electrons. The lowest BCUT2D eigenvalue weighted by Gasteiger charge is -2.35. The third kappa shape index (κ3) is 3.08. The van der Waals surface area contributed by atoms with E-state index in [1.165, 1.54) is 0 Å². The maximum absolute atomic E-state index is 12.1. The summed E-state index contributed by atoms with van der Waals surface area (Å²) >= 11 is 6.82. The molecule has 0 bridgehead atoms. The molecule has 0 aromatic rings. The molecule has 15 heavy (non-hydrogen) atoms. The van der Waals surface area contributed by atoms with Gasteiger partial charge in [-0.05, 0) is 13.3 Å². The van der Waals surface area contributed by atoms with Gasteiger partial charge in [0.25, 0.3) is 0 Å². The second kappa shape index (κ2) is 5.70. The fraction of sp³-hybridized carbons (Fsp3) is 0.800. The van der Waals surface area contributed by atoms with Gasteiger partial charge in [0.15, 0.2) is 0 Å². The van der Waals surface area contributed by atoms with E-state index in [4.69, 9.17) is 18.0 Å². The van der Waals surface area contributed by atoms with Crippen LogP contribution >= 0.6 is 24.0 Å². The Hall–Kier alpha value is -0.290. The van der Waals surface area contributed by atoms with Crippen LogP contribution in [0.4, 0.5) is 0 Å². The van der Waals surface area contributed by atoms with E-state index in [0.717, 1.165) is 18.1 Å². The first-order chi connectivity index (χ1) is 7.07. The van der Waals surface area contributed by atoms with Gasteiger partial charge in [0.1, 0.15) is 0 Å². The summed E-state index contributed by atoms with van der Waals surface area (Å²) in [6.45, 7) is 4.85. The molecule has 0 radical (unpaired) electrons. The van der Waals surface area contributed by atoms with Gasteiger partial charge in [0, 0.05) is 24.1 Å². The molecule has 1 fully saturated rings. The van der Waals surface area contributed by atoms with Crippen LogP contribution in [0.5, 0.6) is 0 Å². The lowest BCUT2D eigenvalue weighted by Crippen LogP contribution is -2.49. The number of hydrogen-bond acceptors (Lipinski definition) is 3. The lowest BCUT2D eigenvalue weighted by molar-refractivity contribution is -0.134. The number of thioether (sulfide) groups is 1. The fourth-order valence-electron chi connectivity index (χ4n) is 1.75. The van der Waals surface area contributed by atoms with Crippen molar-refractivity contribution in [2.45, 2.75) is 26.3 Å². The molecule has 2 unspecified atom stereocenters. The molecule has 0 saturated carbocycles. The normalized spacial score (nSPS) is 23.6. The van der Waals surface area contributed by atoms with E-state index in [1.54, 1.807) is 0 Å². The van der Waals surface area contributed by atoms with E-state index in [0.29, 0.717) is 17.5 Å². The van der Waals surface area contributed by atoms with E-state index >= 15 is 0 Å². The van der Waals surface area contributed by atoms with E-state index in [-0.39, 0.29) is 11.8 Å². The predicted molar refractivity (Wildman–Crippen MR) is 69.1 cm³/mol. The zero-order valence-electron chi connectivity index (χ0n) is 9.23. The molecule has 5 heteroatoms. The van der Waals surface area contributed by atoms with Crippen LogP contribution < -0.4 is 5.73 Å². The van der Waals surface area contributed by atoms with Crippen LogP contribution in [0.3, 0.4) is 0 Å². The van der Waals surface area contributed by atoms with Gasteiger partial charge in [-0.1, -0.05) is 19.1 Å². The zero-order valence-corrected chi connectivity index (χ0v) is 10.9. The minimum absolute atomic E-state index is 0.109. The molecule has 1 amide bonds. The highest BCUT2D eigenvalue weighted by Crippen LogP contribution is 2.19. The van der Waals surface area contributed by atoms with Crippen molar-refractivity contribution in [3.05, 3.63) is 0 Å². The summed E-state index contributed by atoms with van der Waals surface area (Å²) in [7, 11) is 0. The average Bonchev–Trinajstić information content (AvgIpc) is 2.18. The van der Waals surface area contributed by atoms with Gasteiger partial charge in [0.05, 0.1) is 10.9 Å². The second-order valence-corrected chi connectivity index (χ2v) is 5.44. The highest BCUT2D eigenvalue weighted by atomic mass is 32.2. The third-order valence-electron chi connectivity index (χ3n) is 2.70. The van der Waals surface area contributed by atoms with Crippen molar-refractivity contribution in [3.8, 4) is 0 Å². The SMILES string of the molecule is CCC(C(=O)N1CCSCC1C)C(N)=S. The number of thiocarbonyl (C=S) groups is 1. The van der Waals surface area contributed by atoms with Crippen molar-refractivity contribution in [2.24, 2.45) is 11.7 Å². The van der Waals surface area contributed by atoms with E-state index in [2.05, 4.69) is 6.92 Å². The lowest BCUT2D eigenvalue weighted by atomic mass is 10.0. The summed E-state index contributed by atoms with van der Waals surface area (Å²) in [5, 5.41) is 0. The van der Waals surface area contributed by atoms with Gasteiger partial charge in [-0.25, -0.2) is 0 Å². The monoisotopic (exact) mass is 246 g/mol. The number of nitrogens with two attached hydrogens (primary N) is 1. The van der Waals surface area contributed by atoms with Crippen LogP contribution in [-0.4, -0.2) is 39.9 Å². The molecule has 1 aliphatic heterocycles. The summed E-state index contributed by atoms with van der Waals surface area (Å²) in [6, 6.07) is 0.305. The number of amides is 1. The molecule has 3 nitrogen and oxygen atoms in total. The van der Waals surface area contributed by atoms with Crippen molar-refractivity contribution in [1.29, 1.82) is 0 Å². The molecule has 2 atom stereocenters. The Labute approximate surface area is 101 Å². The first kappa shape index (κ1) is 12.8. The molecule has 2 N–H and O–H groups in total. The maximum atomic E-state index is 12.1. The number of rotatable bonds is 3. The summed E-state index contributed by atoms with van der Waals surface area (Å²) in [4.78, 5) is 14.4. The van der Waals surface area contributed by atoms with Crippen LogP contribution in [0.25, 0.3) is 0 Å². The standard InChI is InChI=1S/C10H18N2OS2/c1-3-8(9(11)14)10(13)12-4-5-15-6-7(12)2/h7-8H,3-6H2,1-2H3,(H2,11,14). The topological polar surface area (TPSA) is 46.3 Å². The molecule has 1 saturated heterocycles. The Kier molecular flexibility index (Phi) is 4.86. The van der Waals surface area contributed by atoms with E-state index < -0.39 is 0 Å². The molecule has 0 spiro atoms. The Morgan fingerprint density at radius 2 is 2.40 bits per heavy atom. The smallest absolute Gasteiger partial charge is 0.232 e. The highest BCUT2D eigenvalue weighted by Gasteiger charge is 2.29. The van der Waals surface area contributed by atoms with Crippen molar-refractivity contribution < 1.29 is 4.79 Å². The van der Waals surface area contributed by atoms with Crippen LogP contribution in [0.2, 0.25) is 0 Å². The van der Waals surface area contributed by atoms with Gasteiger partial charge >= 0.3 is 0 Å². The molecule has 0 aromatic heterocycles. The molecule has 0 aliphatic carbocycles. The van der Waals surface area contributed by atoms with Crippen LogP contribution in [0.1, 0.15) is 20.3 Å². The van der Waals surface area contributed by atoms with Crippen LogP contribution in [-0.2, 0) is 4.79 Å². The number of carbonyl (C=O) groups excluding carboxylic acids is 1. The second-order valence-electron chi connectivity index (χ2n) is 3.82. The quantitative estimate of drug-likeness (QED) is 0.762. The van der Waals surface area contributed by atoms with Crippen molar-refractivity contribution in [2.75, 3.05) is 18.1 Å². The predicted octanol–water partition coefficient (Wildman–Crippen LogP) is 1.26. The van der Waals surface area contributed by atoms with E-state index in [1.807, 2.05) is 23.6 Å². The molecule has 1 rings (SSSR count). The molecular weight excluding hydrogens is 228 g/mol. The first-order valence-electron chi connectivity index (χ1n) is 5.25. The maximum Gasteiger partial charge on any atom is 0.232 e. The molecule has 1 heterocycles. The summed E-state index contributed by atoms with van der Waals surface area (Å²) < 4.78 is 0. The molecule has 0 aromatic carbocycles. The van der Waals surface area contributed by atoms with Crippen molar-refractivity contribution in [3.63, 3.8) is 0 Å². The van der Waals surface area contributed by atoms with Gasteiger partial charge < -0.3 is 10.6 Å². The average molecular weight is 246 g/mol. The van der Waals surface area contributed by atoms with Crippen molar-refractivity contribution in [1.82, 2.24) is 4.90 Å². The van der Waals surface area contributed by atoms with Crippen molar-refractivity contribution >= 4 is 34.9 Å². The number of carbonyl (C=O) groups is 1. The van der Waals surface area contributed by atoms with Gasteiger partial charge in [-0.3, -0.25) is 4.79 Å².